The summed E-state index contributed by atoms with van der Waals surface area (Å²) in [7, 11) is 0. The van der Waals surface area contributed by atoms with E-state index in [-0.39, 0.29) is 24.0 Å². The van der Waals surface area contributed by atoms with Gasteiger partial charge < -0.3 is 4.90 Å². The van der Waals surface area contributed by atoms with Crippen molar-refractivity contribution >= 4 is 18.1 Å². The fourth-order valence-electron chi connectivity index (χ4n) is 4.34. The molecule has 0 aliphatic carbocycles. The number of benzene rings is 2. The molecule has 0 N–H and O–H groups in total. The number of hydrogen-bond acceptors (Lipinski definition) is 4. The fraction of sp³-hybridized carbons (Fsp3) is 0.231. The van der Waals surface area contributed by atoms with Crippen molar-refractivity contribution in [2.24, 2.45) is 0 Å². The predicted molar refractivity (Wildman–Crippen MR) is 133 cm³/mol. The van der Waals surface area contributed by atoms with Crippen molar-refractivity contribution < 1.29 is 8.78 Å². The van der Waals surface area contributed by atoms with Gasteiger partial charge in [-0.1, -0.05) is 12.1 Å². The Morgan fingerprint density at radius 3 is 2.35 bits per heavy atom. The van der Waals surface area contributed by atoms with Gasteiger partial charge in [-0.25, -0.2) is 13.5 Å². The molecule has 4 aromatic rings. The summed E-state index contributed by atoms with van der Waals surface area (Å²) < 4.78 is 29.5. The Balaban J connectivity index is 0.00000274. The summed E-state index contributed by atoms with van der Waals surface area (Å²) in [5.41, 5.74) is 5.23. The second-order valence-electron chi connectivity index (χ2n) is 8.26. The van der Waals surface area contributed by atoms with Gasteiger partial charge in [-0.2, -0.15) is 5.10 Å². The molecular formula is C26H26ClF2N5. The maximum atomic E-state index is 14.4. The monoisotopic (exact) mass is 481 g/mol. The zero-order valence-corrected chi connectivity index (χ0v) is 19.7. The van der Waals surface area contributed by atoms with Gasteiger partial charge in [-0.05, 0) is 55.5 Å². The largest absolute Gasteiger partial charge is 0.367 e. The van der Waals surface area contributed by atoms with Crippen LogP contribution in [-0.2, 0) is 6.54 Å². The van der Waals surface area contributed by atoms with Gasteiger partial charge in [-0.3, -0.25) is 9.88 Å². The van der Waals surface area contributed by atoms with Crippen LogP contribution in [-0.4, -0.2) is 45.8 Å². The van der Waals surface area contributed by atoms with Crippen LogP contribution in [0.25, 0.3) is 16.9 Å². The van der Waals surface area contributed by atoms with Crippen molar-refractivity contribution in [1.82, 2.24) is 19.7 Å². The smallest absolute Gasteiger partial charge is 0.132 e. The minimum Gasteiger partial charge on any atom is -0.367 e. The van der Waals surface area contributed by atoms with Crippen molar-refractivity contribution in [1.29, 1.82) is 0 Å². The van der Waals surface area contributed by atoms with E-state index in [1.54, 1.807) is 30.5 Å². The molecule has 1 aliphatic rings. The van der Waals surface area contributed by atoms with Crippen LogP contribution < -0.4 is 4.90 Å². The highest BCUT2D eigenvalue weighted by Gasteiger charge is 2.22. The lowest BCUT2D eigenvalue weighted by atomic mass is 10.1. The summed E-state index contributed by atoms with van der Waals surface area (Å²) >= 11 is 0. The molecule has 176 valence electrons. The maximum Gasteiger partial charge on any atom is 0.132 e. The van der Waals surface area contributed by atoms with E-state index in [2.05, 4.69) is 19.9 Å². The third kappa shape index (κ3) is 4.81. The number of rotatable bonds is 5. The van der Waals surface area contributed by atoms with E-state index in [4.69, 9.17) is 0 Å². The van der Waals surface area contributed by atoms with Crippen LogP contribution in [0.4, 0.5) is 14.5 Å². The summed E-state index contributed by atoms with van der Waals surface area (Å²) in [5.74, 6) is -0.516. The SMILES string of the molecule is Cc1c(CN2CCN(c3cccnc3-c3ccccc3F)CC2)cnn1-c1ccc(F)cc1.Cl. The molecule has 3 heterocycles. The number of aromatic nitrogens is 3. The second kappa shape index (κ2) is 10.3. The minimum atomic E-state index is -0.260. The molecular weight excluding hydrogens is 456 g/mol. The molecule has 0 radical (unpaired) electrons. The molecule has 5 rings (SSSR count). The number of hydrogen-bond donors (Lipinski definition) is 0. The Morgan fingerprint density at radius 2 is 1.62 bits per heavy atom. The Labute approximate surface area is 204 Å². The van der Waals surface area contributed by atoms with Crippen LogP contribution in [0.1, 0.15) is 11.3 Å². The third-order valence-electron chi connectivity index (χ3n) is 6.20. The van der Waals surface area contributed by atoms with Gasteiger partial charge in [0.2, 0.25) is 0 Å². The second-order valence-corrected chi connectivity index (χ2v) is 8.26. The van der Waals surface area contributed by atoms with E-state index >= 15 is 0 Å². The number of pyridine rings is 1. The minimum absolute atomic E-state index is 0. The quantitative estimate of drug-likeness (QED) is 0.389. The zero-order chi connectivity index (χ0) is 22.8. The first-order valence-corrected chi connectivity index (χ1v) is 11.1. The van der Waals surface area contributed by atoms with Gasteiger partial charge in [-0.15, -0.1) is 12.4 Å². The third-order valence-corrected chi connectivity index (χ3v) is 6.20. The van der Waals surface area contributed by atoms with Gasteiger partial charge in [0.1, 0.15) is 11.6 Å². The zero-order valence-electron chi connectivity index (χ0n) is 18.9. The average molecular weight is 482 g/mol. The van der Waals surface area contributed by atoms with Gasteiger partial charge in [0.05, 0.1) is 23.3 Å². The predicted octanol–water partition coefficient (Wildman–Crippen LogP) is 5.26. The fourth-order valence-corrected chi connectivity index (χ4v) is 4.34. The number of nitrogens with zero attached hydrogens (tertiary/aromatic N) is 5. The lowest BCUT2D eigenvalue weighted by Gasteiger charge is -2.36. The number of piperazine rings is 1. The molecule has 0 amide bonds. The van der Waals surface area contributed by atoms with E-state index in [9.17, 15) is 8.78 Å². The van der Waals surface area contributed by atoms with E-state index in [1.807, 2.05) is 36.0 Å². The van der Waals surface area contributed by atoms with Crippen molar-refractivity contribution in [3.63, 3.8) is 0 Å². The molecule has 2 aromatic carbocycles. The summed E-state index contributed by atoms with van der Waals surface area (Å²) in [5, 5.41) is 4.51. The highest BCUT2D eigenvalue weighted by Crippen LogP contribution is 2.31. The molecule has 1 aliphatic heterocycles. The lowest BCUT2D eigenvalue weighted by molar-refractivity contribution is 0.249. The molecule has 1 saturated heterocycles. The summed E-state index contributed by atoms with van der Waals surface area (Å²) in [4.78, 5) is 9.17. The van der Waals surface area contributed by atoms with E-state index < -0.39 is 0 Å². The van der Waals surface area contributed by atoms with Gasteiger partial charge in [0.15, 0.2) is 0 Å². The maximum absolute atomic E-state index is 14.4. The van der Waals surface area contributed by atoms with Crippen LogP contribution in [0.2, 0.25) is 0 Å². The molecule has 0 atom stereocenters. The Kier molecular flexibility index (Phi) is 7.24. The molecule has 34 heavy (non-hydrogen) atoms. The Morgan fingerprint density at radius 1 is 0.882 bits per heavy atom. The first-order valence-electron chi connectivity index (χ1n) is 11.1. The number of halogens is 3. The normalized spacial score (nSPS) is 14.1. The van der Waals surface area contributed by atoms with Crippen LogP contribution in [0.15, 0.2) is 73.1 Å². The van der Waals surface area contributed by atoms with Crippen molar-refractivity contribution in [3.8, 4) is 16.9 Å². The average Bonchev–Trinajstić information content (AvgIpc) is 3.20. The molecule has 1 fully saturated rings. The molecule has 5 nitrogen and oxygen atoms in total. The van der Waals surface area contributed by atoms with E-state index in [0.717, 1.165) is 55.4 Å². The molecule has 0 bridgehead atoms. The summed E-state index contributed by atoms with van der Waals surface area (Å²) in [6.07, 6.45) is 3.60. The van der Waals surface area contributed by atoms with Gasteiger partial charge in [0, 0.05) is 55.7 Å². The number of anilines is 1. The first-order chi connectivity index (χ1) is 16.1. The molecule has 8 heteroatoms. The molecule has 2 aromatic heterocycles. The highest BCUT2D eigenvalue weighted by molar-refractivity contribution is 5.85. The van der Waals surface area contributed by atoms with Crippen LogP contribution in [0.3, 0.4) is 0 Å². The van der Waals surface area contributed by atoms with Crippen molar-refractivity contribution in [3.05, 3.63) is 95.9 Å². The Bertz CT molecular complexity index is 1250. The molecule has 0 saturated carbocycles. The highest BCUT2D eigenvalue weighted by atomic mass is 35.5. The lowest BCUT2D eigenvalue weighted by Crippen LogP contribution is -2.46. The first kappa shape index (κ1) is 23.9. The van der Waals surface area contributed by atoms with E-state index in [0.29, 0.717) is 11.3 Å². The van der Waals surface area contributed by atoms with Crippen molar-refractivity contribution in [2.75, 3.05) is 31.1 Å². The molecule has 0 unspecified atom stereocenters. The van der Waals surface area contributed by atoms with Gasteiger partial charge >= 0.3 is 0 Å². The topological polar surface area (TPSA) is 37.2 Å². The van der Waals surface area contributed by atoms with E-state index in [1.165, 1.54) is 18.2 Å². The van der Waals surface area contributed by atoms with Crippen LogP contribution >= 0.6 is 12.4 Å². The van der Waals surface area contributed by atoms with Crippen LogP contribution in [0.5, 0.6) is 0 Å². The van der Waals surface area contributed by atoms with Gasteiger partial charge in [0.25, 0.3) is 0 Å². The van der Waals surface area contributed by atoms with Crippen LogP contribution in [0, 0.1) is 18.6 Å². The standard InChI is InChI=1S/C26H25F2N5.ClH/c1-19-20(17-30-33(19)22-10-8-21(27)9-11-22)18-31-13-15-32(16-14-31)25-7-4-12-29-26(25)23-5-2-3-6-24(23)28;/h2-12,17H,13-16,18H2,1H3;1H. The van der Waals surface area contributed by atoms with Crippen molar-refractivity contribution in [2.45, 2.75) is 13.5 Å². The summed E-state index contributed by atoms with van der Waals surface area (Å²) in [6.45, 7) is 6.27. The Hall–Kier alpha value is -3.29. The summed E-state index contributed by atoms with van der Waals surface area (Å²) in [6, 6.07) is 17.1. The molecule has 0 spiro atoms.